The third-order valence-electron chi connectivity index (χ3n) is 4.02. The molecule has 2 atom stereocenters. The van der Waals surface area contributed by atoms with E-state index in [0.717, 1.165) is 6.42 Å². The zero-order chi connectivity index (χ0) is 9.47. The van der Waals surface area contributed by atoms with Gasteiger partial charge in [0.1, 0.15) is 0 Å². The topological polar surface area (TPSA) is 52.3 Å². The third kappa shape index (κ3) is 1.52. The highest BCUT2D eigenvalue weighted by atomic mass is 35.5. The molecule has 2 rings (SSSR count). The molecule has 0 aromatic carbocycles. The second-order valence-corrected chi connectivity index (χ2v) is 4.41. The number of rotatable bonds is 2. The molecule has 1 spiro atoms. The Balaban J connectivity index is 0.000000980. The van der Waals surface area contributed by atoms with Crippen LogP contribution in [0.25, 0.3) is 0 Å². The van der Waals surface area contributed by atoms with E-state index in [1.807, 2.05) is 0 Å². The van der Waals surface area contributed by atoms with E-state index in [0.29, 0.717) is 23.8 Å². The van der Waals surface area contributed by atoms with Crippen molar-refractivity contribution in [2.45, 2.75) is 38.1 Å². The fourth-order valence-electron chi connectivity index (χ4n) is 2.85. The zero-order valence-electron chi connectivity index (χ0n) is 8.49. The molecule has 0 bridgehead atoms. The van der Waals surface area contributed by atoms with Gasteiger partial charge < -0.3 is 10.5 Å². The predicted octanol–water partition coefficient (Wildman–Crippen LogP) is 1.49. The molecular weight excluding hydrogens is 202 g/mol. The molecule has 0 aromatic heterocycles. The van der Waals surface area contributed by atoms with E-state index in [2.05, 4.69) is 4.74 Å². The predicted molar refractivity (Wildman–Crippen MR) is 56.2 cm³/mol. The molecule has 2 N–H and O–H groups in total. The summed E-state index contributed by atoms with van der Waals surface area (Å²) in [5, 5.41) is 0. The van der Waals surface area contributed by atoms with Crippen LogP contribution in [0.4, 0.5) is 0 Å². The van der Waals surface area contributed by atoms with Crippen LogP contribution in [0.15, 0.2) is 0 Å². The van der Waals surface area contributed by atoms with Gasteiger partial charge in [0.05, 0.1) is 7.11 Å². The highest BCUT2D eigenvalue weighted by molar-refractivity contribution is 5.85. The number of esters is 1. The first-order valence-corrected chi connectivity index (χ1v) is 5.01. The summed E-state index contributed by atoms with van der Waals surface area (Å²) in [7, 11) is 1.45. The Morgan fingerprint density at radius 3 is 2.57 bits per heavy atom. The first-order valence-electron chi connectivity index (χ1n) is 5.01. The number of ether oxygens (including phenoxy) is 1. The van der Waals surface area contributed by atoms with Crippen molar-refractivity contribution in [1.29, 1.82) is 0 Å². The molecule has 2 aliphatic rings. The first-order chi connectivity index (χ1) is 6.19. The smallest absolute Gasteiger partial charge is 0.305 e. The van der Waals surface area contributed by atoms with Gasteiger partial charge in [-0.15, -0.1) is 12.4 Å². The fraction of sp³-hybridized carbons (Fsp3) is 0.900. The van der Waals surface area contributed by atoms with Gasteiger partial charge in [0.25, 0.3) is 0 Å². The van der Waals surface area contributed by atoms with Crippen molar-refractivity contribution in [3.8, 4) is 0 Å². The zero-order valence-corrected chi connectivity index (χ0v) is 9.31. The van der Waals surface area contributed by atoms with Crippen LogP contribution in [-0.4, -0.2) is 19.1 Å². The minimum Gasteiger partial charge on any atom is -0.469 e. The second-order valence-electron chi connectivity index (χ2n) is 4.41. The van der Waals surface area contributed by atoms with Crippen LogP contribution in [0, 0.1) is 11.3 Å². The average molecular weight is 220 g/mol. The summed E-state index contributed by atoms with van der Waals surface area (Å²) in [5.74, 6) is 0.423. The Kier molecular flexibility index (Phi) is 3.43. The van der Waals surface area contributed by atoms with Gasteiger partial charge in [-0.05, 0) is 30.6 Å². The highest BCUT2D eigenvalue weighted by Crippen LogP contribution is 2.60. The Morgan fingerprint density at radius 1 is 1.57 bits per heavy atom. The molecule has 2 saturated carbocycles. The lowest BCUT2D eigenvalue weighted by Gasteiger charge is -2.60. The second kappa shape index (κ2) is 4.07. The molecule has 14 heavy (non-hydrogen) atoms. The van der Waals surface area contributed by atoms with Gasteiger partial charge in [-0.1, -0.05) is 6.42 Å². The van der Waals surface area contributed by atoms with Crippen molar-refractivity contribution < 1.29 is 9.53 Å². The van der Waals surface area contributed by atoms with Crippen LogP contribution in [-0.2, 0) is 9.53 Å². The molecule has 0 heterocycles. The third-order valence-corrected chi connectivity index (χ3v) is 4.02. The summed E-state index contributed by atoms with van der Waals surface area (Å²) < 4.78 is 4.67. The van der Waals surface area contributed by atoms with E-state index >= 15 is 0 Å². The van der Waals surface area contributed by atoms with Crippen molar-refractivity contribution in [3.63, 3.8) is 0 Å². The van der Waals surface area contributed by atoms with Gasteiger partial charge in [-0.3, -0.25) is 4.79 Å². The van der Waals surface area contributed by atoms with Gasteiger partial charge in [0.2, 0.25) is 0 Å². The Bertz CT molecular complexity index is 228. The van der Waals surface area contributed by atoms with Gasteiger partial charge in [0.15, 0.2) is 0 Å². The number of carbonyl (C=O) groups excluding carboxylic acids is 1. The summed E-state index contributed by atoms with van der Waals surface area (Å²) in [6.45, 7) is 0. The molecule has 0 amide bonds. The minimum atomic E-state index is -0.0804. The Hall–Kier alpha value is -0.280. The normalized spacial score (nSPS) is 32.4. The Morgan fingerprint density at radius 2 is 2.21 bits per heavy atom. The first kappa shape index (κ1) is 11.8. The van der Waals surface area contributed by atoms with Crippen molar-refractivity contribution in [1.82, 2.24) is 0 Å². The lowest BCUT2D eigenvalue weighted by atomic mass is 9.46. The fourth-order valence-corrected chi connectivity index (χ4v) is 2.85. The van der Waals surface area contributed by atoms with E-state index in [1.165, 1.54) is 26.4 Å². The molecule has 3 nitrogen and oxygen atoms in total. The standard InChI is InChI=1S/C10H17NO2.ClH/c1-13-9(12)6-7-5-8(11)10(7)3-2-4-10;/h7-8H,2-6,11H2,1H3;1H. The number of hydrogen-bond donors (Lipinski definition) is 1. The number of halogens is 1. The summed E-state index contributed by atoms with van der Waals surface area (Å²) in [5.41, 5.74) is 6.30. The Labute approximate surface area is 90.8 Å². The quantitative estimate of drug-likeness (QED) is 0.716. The molecule has 2 unspecified atom stereocenters. The molecular formula is C10H18ClNO2. The van der Waals surface area contributed by atoms with Crippen LogP contribution in [0.5, 0.6) is 0 Å². The summed E-state index contributed by atoms with van der Waals surface area (Å²) >= 11 is 0. The van der Waals surface area contributed by atoms with Gasteiger partial charge in [-0.2, -0.15) is 0 Å². The molecule has 2 fully saturated rings. The molecule has 0 radical (unpaired) electrons. The molecule has 0 aromatic rings. The van der Waals surface area contributed by atoms with Crippen LogP contribution in [0.2, 0.25) is 0 Å². The van der Waals surface area contributed by atoms with Crippen LogP contribution < -0.4 is 5.73 Å². The molecule has 2 aliphatic carbocycles. The number of hydrogen-bond acceptors (Lipinski definition) is 3. The molecule has 0 saturated heterocycles. The molecule has 0 aliphatic heterocycles. The maximum Gasteiger partial charge on any atom is 0.305 e. The molecule has 4 heteroatoms. The van der Waals surface area contributed by atoms with Crippen molar-refractivity contribution in [2.24, 2.45) is 17.1 Å². The van der Waals surface area contributed by atoms with E-state index in [-0.39, 0.29) is 18.4 Å². The van der Waals surface area contributed by atoms with Crippen LogP contribution >= 0.6 is 12.4 Å². The monoisotopic (exact) mass is 219 g/mol. The summed E-state index contributed by atoms with van der Waals surface area (Å²) in [6, 6.07) is 0.343. The van der Waals surface area contributed by atoms with Gasteiger partial charge >= 0.3 is 5.97 Å². The van der Waals surface area contributed by atoms with Crippen molar-refractivity contribution in [2.75, 3.05) is 7.11 Å². The molecule has 82 valence electrons. The number of carbonyl (C=O) groups is 1. The van der Waals surface area contributed by atoms with Crippen molar-refractivity contribution >= 4 is 18.4 Å². The van der Waals surface area contributed by atoms with Crippen LogP contribution in [0.3, 0.4) is 0 Å². The summed E-state index contributed by atoms with van der Waals surface area (Å²) in [4.78, 5) is 11.1. The summed E-state index contributed by atoms with van der Waals surface area (Å²) in [6.07, 6.45) is 5.30. The average Bonchev–Trinajstić information content (AvgIpc) is 2.00. The van der Waals surface area contributed by atoms with E-state index in [1.54, 1.807) is 0 Å². The van der Waals surface area contributed by atoms with Gasteiger partial charge in [0, 0.05) is 12.5 Å². The number of nitrogens with two attached hydrogens (primary N) is 1. The minimum absolute atomic E-state index is 0. The highest BCUT2D eigenvalue weighted by Gasteiger charge is 2.56. The van der Waals surface area contributed by atoms with Gasteiger partial charge in [-0.25, -0.2) is 0 Å². The SMILES string of the molecule is COC(=O)CC1CC(N)C12CCC2.Cl. The van der Waals surface area contributed by atoms with E-state index in [4.69, 9.17) is 5.73 Å². The van der Waals surface area contributed by atoms with E-state index in [9.17, 15) is 4.79 Å². The lowest BCUT2D eigenvalue weighted by Crippen LogP contribution is -2.61. The van der Waals surface area contributed by atoms with Crippen molar-refractivity contribution in [3.05, 3.63) is 0 Å². The largest absolute Gasteiger partial charge is 0.469 e. The lowest BCUT2D eigenvalue weighted by molar-refractivity contribution is -0.149. The maximum atomic E-state index is 11.1. The maximum absolute atomic E-state index is 11.1. The van der Waals surface area contributed by atoms with E-state index < -0.39 is 0 Å². The number of methoxy groups -OCH3 is 1. The van der Waals surface area contributed by atoms with Crippen LogP contribution in [0.1, 0.15) is 32.1 Å².